The van der Waals surface area contributed by atoms with Crippen LogP contribution in [0.3, 0.4) is 0 Å². The van der Waals surface area contributed by atoms with Gasteiger partial charge in [-0.15, -0.1) is 0 Å². The van der Waals surface area contributed by atoms with Crippen molar-refractivity contribution in [2.75, 3.05) is 39.5 Å². The van der Waals surface area contributed by atoms with Crippen LogP contribution in [0.25, 0.3) is 0 Å². The highest BCUT2D eigenvalue weighted by Crippen LogP contribution is 2.11. The fourth-order valence-electron chi connectivity index (χ4n) is 5.07. The molecule has 1 rings (SSSR count). The van der Waals surface area contributed by atoms with Crippen molar-refractivity contribution in [1.82, 2.24) is 10.6 Å². The van der Waals surface area contributed by atoms with Crippen LogP contribution in [0, 0.1) is 28.6 Å². The number of carboxylic acids is 13. The van der Waals surface area contributed by atoms with E-state index >= 15 is 0 Å². The number of aromatic hydroxyl groups is 1. The van der Waals surface area contributed by atoms with Crippen molar-refractivity contribution in [3.05, 3.63) is 29.8 Å². The van der Waals surface area contributed by atoms with E-state index in [1.807, 2.05) is 41.5 Å². The Labute approximate surface area is 626 Å². The van der Waals surface area contributed by atoms with Crippen LogP contribution >= 0.6 is 0 Å². The average molecular weight is 1590 g/mol. The number of hydrogen-bond acceptors (Lipinski definition) is 32. The monoisotopic (exact) mass is 1590 g/mol. The molecule has 109 heavy (non-hydrogen) atoms. The number of rotatable bonds is 36. The van der Waals surface area contributed by atoms with Gasteiger partial charge in [0, 0.05) is 19.5 Å². The molecule has 0 bridgehead atoms. The number of benzene rings is 1. The zero-order valence-electron chi connectivity index (χ0n) is 61.4. The van der Waals surface area contributed by atoms with Crippen LogP contribution in [-0.4, -0.2) is 288 Å². The van der Waals surface area contributed by atoms with Crippen LogP contribution in [0.4, 0.5) is 0 Å². The lowest BCUT2D eigenvalue weighted by Crippen LogP contribution is -2.34. The van der Waals surface area contributed by atoms with Crippen molar-refractivity contribution >= 4 is 95.4 Å². The molecule has 0 saturated carbocycles. The third-order valence-electron chi connectivity index (χ3n) is 10.9. The van der Waals surface area contributed by atoms with Crippen LogP contribution in [0.1, 0.15) is 111 Å². The van der Waals surface area contributed by atoms with E-state index in [-0.39, 0.29) is 43.5 Å². The quantitative estimate of drug-likeness (QED) is 0.0169. The number of phenolic OH excluding ortho intramolecular Hbond substituents is 1. The van der Waals surface area contributed by atoms with Gasteiger partial charge in [0.1, 0.15) is 72.2 Å². The molecule has 1 aromatic carbocycles. The summed E-state index contributed by atoms with van der Waals surface area (Å²) < 4.78 is 0. The lowest BCUT2D eigenvalue weighted by molar-refractivity contribution is -0.144. The van der Waals surface area contributed by atoms with Gasteiger partial charge in [-0.05, 0) is 93.2 Å². The van der Waals surface area contributed by atoms with E-state index in [1.54, 1.807) is 12.1 Å². The molecule has 1 amide bonds. The van der Waals surface area contributed by atoms with Gasteiger partial charge in [0.25, 0.3) is 0 Å². The first-order chi connectivity index (χ1) is 49.7. The van der Waals surface area contributed by atoms with E-state index in [0.29, 0.717) is 75.8 Å². The Kier molecular flexibility index (Phi) is 86.6. The Bertz CT molecular complexity index is 2580. The van der Waals surface area contributed by atoms with Crippen LogP contribution in [0.5, 0.6) is 5.75 Å². The van der Waals surface area contributed by atoms with Gasteiger partial charge in [0.15, 0.2) is 11.9 Å². The minimum atomic E-state index is -1.29. The number of aliphatic hydroxyl groups is 3. The second-order valence-corrected chi connectivity index (χ2v) is 22.9. The summed E-state index contributed by atoms with van der Waals surface area (Å²) in [7, 11) is 0. The molecule has 0 aliphatic rings. The highest BCUT2D eigenvalue weighted by atomic mass is 16.4. The Morgan fingerprint density at radius 1 is 0.358 bits per heavy atom. The molecule has 0 saturated heterocycles. The number of carbonyl (C=O) groups is 14. The Balaban J connectivity index is -0.000000108. The average Bonchev–Trinajstić information content (AvgIpc) is 0.908. The van der Waals surface area contributed by atoms with Crippen molar-refractivity contribution in [3.8, 4) is 5.75 Å². The smallest absolute Gasteiger partial charge is 0.322 e. The second-order valence-electron chi connectivity index (χ2n) is 22.9. The molecule has 51 N–H and O–H groups in total. The van der Waals surface area contributed by atoms with Crippen LogP contribution in [0.15, 0.2) is 24.3 Å². The standard InChI is InChI=1S/C9H11NO3.2C6H14N4O2.3C6H13NO2.C5H10N2O3.C4H7NO4.3C3H7NO3.C2H5NO2/c10-8(9(12)13)5-6-1-3-7(11)4-2-6;2*7-4(5(11)12)2-1-3-10-6(8)9;3*1-4(2)3-5(7)6(8)9;6-3(5(9)10)1-2-4(7)8;5-2(4(8)9)1-3(6)7;3*4-2(1-5)3(6)7;3-1-2(4)5/h1-4,8,11H,5,10H2,(H,12,13);2*4H,1-3,7H2,(H,11,12)(H4,8,9,10);3*4-5H,3,7H2,1-2H3,(H,8,9);3H,1-2,6H2,(H2,7,8)(H,9,10);2H,1,5H2,(H,6,7)(H,8,9);3*2,5H,1,4H2,(H,6,7);1,3H2,(H,4,5)/t8-;2*4-;3*5-;3-;4*2-;/m00000000000./s1. The van der Waals surface area contributed by atoms with Gasteiger partial charge >= 0.3 is 77.6 Å². The number of primary amides is 1. The molecule has 50 nitrogen and oxygen atoms in total. The van der Waals surface area contributed by atoms with Crippen LogP contribution in [-0.2, 0) is 73.5 Å². The number of aliphatic hydroxyl groups excluding tert-OH is 3. The van der Waals surface area contributed by atoms with E-state index in [4.69, 9.17) is 178 Å². The summed E-state index contributed by atoms with van der Waals surface area (Å²) in [4.78, 5) is 139. The predicted molar refractivity (Wildman–Crippen MR) is 389 cm³/mol. The fraction of sp³-hybridized carbons (Fsp3) is 0.627. The van der Waals surface area contributed by atoms with Crippen molar-refractivity contribution < 1.29 is 154 Å². The number of carbonyl (C=O) groups excluding carboxylic acids is 1. The lowest BCUT2D eigenvalue weighted by atomic mass is 10.1. The van der Waals surface area contributed by atoms with Gasteiger partial charge in [-0.1, -0.05) is 53.7 Å². The SMILES string of the molecule is CC(C)C[C@H](N)C(=O)O.CC(C)C[C@H](N)C(=O)O.CC(C)C[C@H](N)C(=O)O.N=C(N)NCCC[C@H](N)C(=O)O.N=C(N)NCCC[C@H](N)C(=O)O.NC(=O)CC[C@H](N)C(=O)O.NCC(=O)O.N[C@@H](CC(=O)O)C(=O)O.N[C@@H](CO)C(=O)O.N[C@@H](CO)C(=O)O.N[C@@H](CO)C(=O)O.N[C@@H](Cc1ccc(O)cc1)C(=O)O. The molecule has 0 aliphatic heterocycles. The van der Waals surface area contributed by atoms with Gasteiger partial charge in [-0.3, -0.25) is 77.9 Å². The van der Waals surface area contributed by atoms with E-state index in [0.717, 1.165) is 5.56 Å². The van der Waals surface area contributed by atoms with Gasteiger partial charge < -0.3 is 183 Å². The largest absolute Gasteiger partial charge is 0.508 e. The molecule has 0 unspecified atom stereocenters. The zero-order valence-corrected chi connectivity index (χ0v) is 61.4. The van der Waals surface area contributed by atoms with Gasteiger partial charge in [0.2, 0.25) is 5.91 Å². The zero-order chi connectivity index (χ0) is 88.7. The van der Waals surface area contributed by atoms with Crippen molar-refractivity contribution in [3.63, 3.8) is 0 Å². The molecule has 1 aromatic rings. The number of carboxylic acid groups (broad SMARTS) is 13. The Morgan fingerprint density at radius 3 is 0.734 bits per heavy atom. The molecule has 638 valence electrons. The van der Waals surface area contributed by atoms with E-state index < -0.39 is 176 Å². The number of hydrogen-bond donors (Lipinski definition) is 36. The highest BCUT2D eigenvalue weighted by molar-refractivity contribution is 5.81. The lowest BCUT2D eigenvalue weighted by Gasteiger charge is -2.07. The molecule has 11 atom stereocenters. The summed E-state index contributed by atoms with van der Waals surface area (Å²) in [5.74, 6) is -13.4. The van der Waals surface area contributed by atoms with Crippen molar-refractivity contribution in [2.24, 2.45) is 104 Å². The minimum absolute atomic E-state index is 0.0213. The third kappa shape index (κ3) is 109. The number of nitrogens with one attached hydrogen (secondary N) is 4. The molecule has 0 spiro atoms. The summed E-state index contributed by atoms with van der Waals surface area (Å²) in [6.07, 6.45) is 3.47. The summed E-state index contributed by atoms with van der Waals surface area (Å²) in [6.45, 7) is 10.9. The third-order valence-corrected chi connectivity index (χ3v) is 10.9. The number of phenols is 1. The number of guanidine groups is 2. The number of aliphatic carboxylic acids is 13. The fourth-order valence-corrected chi connectivity index (χ4v) is 5.07. The molecular formula is C59H121N19O31. The first-order valence-electron chi connectivity index (χ1n) is 31.7. The first kappa shape index (κ1) is 122. The molecule has 0 aliphatic carbocycles. The number of amides is 1. The molecule has 0 heterocycles. The predicted octanol–water partition coefficient (Wildman–Crippen LogP) is -9.26. The maximum absolute atomic E-state index is 10.4. The topological polar surface area (TPSA) is 1040 Å². The van der Waals surface area contributed by atoms with E-state index in [9.17, 15) is 67.1 Å². The maximum atomic E-state index is 10.4. The minimum Gasteiger partial charge on any atom is -0.508 e. The highest BCUT2D eigenvalue weighted by Gasteiger charge is 2.18. The van der Waals surface area contributed by atoms with Crippen LogP contribution < -0.4 is 96.6 Å². The number of nitrogens with two attached hydrogens (primary N) is 15. The molecule has 0 radical (unpaired) electrons. The molecule has 50 heteroatoms. The summed E-state index contributed by atoms with van der Waals surface area (Å²) in [5, 5.41) is 157. The van der Waals surface area contributed by atoms with Crippen molar-refractivity contribution in [1.29, 1.82) is 10.8 Å². The summed E-state index contributed by atoms with van der Waals surface area (Å²) in [6, 6.07) is -3.93. The normalized spacial score (nSPS) is 12.7. The first-order valence-corrected chi connectivity index (χ1v) is 31.7. The maximum Gasteiger partial charge on any atom is 0.322 e. The van der Waals surface area contributed by atoms with Crippen LogP contribution in [0.2, 0.25) is 0 Å². The van der Waals surface area contributed by atoms with Gasteiger partial charge in [-0.25, -0.2) is 0 Å². The summed E-state index contributed by atoms with van der Waals surface area (Å²) in [5.41, 5.74) is 75.7. The van der Waals surface area contributed by atoms with Gasteiger partial charge in [0.05, 0.1) is 32.8 Å². The second kappa shape index (κ2) is 77.2. The summed E-state index contributed by atoms with van der Waals surface area (Å²) >= 11 is 0. The Hall–Kier alpha value is -10.5. The molecule has 0 aromatic heterocycles. The van der Waals surface area contributed by atoms with Crippen molar-refractivity contribution in [2.45, 2.75) is 179 Å². The molecule has 0 fully saturated rings. The van der Waals surface area contributed by atoms with E-state index in [2.05, 4.69) is 16.4 Å². The van der Waals surface area contributed by atoms with E-state index in [1.165, 1.54) is 12.1 Å². The van der Waals surface area contributed by atoms with Gasteiger partial charge in [-0.2, -0.15) is 0 Å². The molecular weight excluding hydrogens is 1470 g/mol. The Morgan fingerprint density at radius 2 is 0.587 bits per heavy atom.